The lowest BCUT2D eigenvalue weighted by Crippen LogP contribution is -2.37. The fourth-order valence-corrected chi connectivity index (χ4v) is 2.89. The minimum Gasteiger partial charge on any atom is -0.487 e. The molecule has 1 aliphatic heterocycles. The van der Waals surface area contributed by atoms with Crippen molar-refractivity contribution in [2.24, 2.45) is 0 Å². The lowest BCUT2D eigenvalue weighted by Gasteiger charge is -2.23. The average Bonchev–Trinajstić information content (AvgIpc) is 2.93. The molecule has 4 heterocycles. The molecule has 1 fully saturated rings. The molecule has 3 aromatic heterocycles. The van der Waals surface area contributed by atoms with Crippen LogP contribution in [0.5, 0.6) is 5.75 Å². The van der Waals surface area contributed by atoms with Gasteiger partial charge in [-0.05, 0) is 31.5 Å². The number of aromatic amines is 1. The summed E-state index contributed by atoms with van der Waals surface area (Å²) in [7, 11) is 0. The molecule has 110 valence electrons. The zero-order chi connectivity index (χ0) is 14.9. The maximum Gasteiger partial charge on any atom is 0.141 e. The van der Waals surface area contributed by atoms with Crippen molar-refractivity contribution in [3.63, 3.8) is 0 Å². The molecule has 1 saturated heterocycles. The van der Waals surface area contributed by atoms with E-state index < -0.39 is 0 Å². The number of ether oxygens (including phenoxy) is 1. The predicted octanol–water partition coefficient (Wildman–Crippen LogP) is 2.11. The van der Waals surface area contributed by atoms with Crippen molar-refractivity contribution in [3.05, 3.63) is 30.2 Å². The minimum absolute atomic E-state index is 0.189. The van der Waals surface area contributed by atoms with E-state index in [9.17, 15) is 0 Å². The van der Waals surface area contributed by atoms with Crippen LogP contribution in [-0.2, 0) is 0 Å². The molecule has 0 saturated carbocycles. The Morgan fingerprint density at radius 1 is 1.23 bits per heavy atom. The van der Waals surface area contributed by atoms with Crippen molar-refractivity contribution in [1.82, 2.24) is 20.3 Å². The Bertz CT molecular complexity index is 873. The summed E-state index contributed by atoms with van der Waals surface area (Å²) in [4.78, 5) is 11.7. The summed E-state index contributed by atoms with van der Waals surface area (Å²) in [6.07, 6.45) is 5.78. The van der Waals surface area contributed by atoms with Crippen molar-refractivity contribution in [2.45, 2.75) is 18.9 Å². The van der Waals surface area contributed by atoms with Gasteiger partial charge in [-0.15, -0.1) is 0 Å². The van der Waals surface area contributed by atoms with E-state index in [1.807, 2.05) is 6.07 Å². The summed E-state index contributed by atoms with van der Waals surface area (Å²) in [6, 6.07) is 5.83. The molecule has 1 unspecified atom stereocenters. The van der Waals surface area contributed by atoms with Crippen LogP contribution in [0.2, 0.25) is 0 Å². The van der Waals surface area contributed by atoms with E-state index in [1.54, 1.807) is 18.5 Å². The van der Waals surface area contributed by atoms with E-state index in [2.05, 4.69) is 26.3 Å². The number of H-pyrrole nitrogens is 1. The van der Waals surface area contributed by atoms with Crippen LogP contribution in [0.25, 0.3) is 21.9 Å². The molecule has 22 heavy (non-hydrogen) atoms. The number of nitriles is 1. The summed E-state index contributed by atoms with van der Waals surface area (Å²) < 4.78 is 6.02. The predicted molar refractivity (Wildman–Crippen MR) is 82.6 cm³/mol. The number of nitrogens with one attached hydrogen (secondary N) is 2. The third-order valence-corrected chi connectivity index (χ3v) is 3.98. The molecule has 3 aromatic rings. The minimum atomic E-state index is 0.189. The van der Waals surface area contributed by atoms with E-state index in [4.69, 9.17) is 10.00 Å². The first-order chi connectivity index (χ1) is 10.8. The van der Waals surface area contributed by atoms with E-state index >= 15 is 0 Å². The summed E-state index contributed by atoms with van der Waals surface area (Å²) in [5.74, 6) is 0.761. The highest BCUT2D eigenvalue weighted by Gasteiger charge is 2.15. The molecule has 0 spiro atoms. The molecule has 0 bridgehead atoms. The van der Waals surface area contributed by atoms with Crippen LogP contribution in [0, 0.1) is 11.3 Å². The van der Waals surface area contributed by atoms with Gasteiger partial charge in [0.15, 0.2) is 0 Å². The molecular formula is C16H15N5O. The zero-order valence-electron chi connectivity index (χ0n) is 12.0. The number of rotatable bonds is 2. The number of piperidine rings is 1. The van der Waals surface area contributed by atoms with Crippen molar-refractivity contribution in [1.29, 1.82) is 5.26 Å². The maximum atomic E-state index is 9.01. The number of hydrogen-bond donors (Lipinski definition) is 2. The first-order valence-corrected chi connectivity index (χ1v) is 7.38. The molecule has 6 nitrogen and oxygen atoms in total. The van der Waals surface area contributed by atoms with E-state index in [1.165, 1.54) is 0 Å². The van der Waals surface area contributed by atoms with Crippen LogP contribution in [0.4, 0.5) is 0 Å². The summed E-state index contributed by atoms with van der Waals surface area (Å²) in [5.41, 5.74) is 2.05. The first kappa shape index (κ1) is 13.0. The molecule has 1 atom stereocenters. The smallest absolute Gasteiger partial charge is 0.141 e. The second-order valence-electron chi connectivity index (χ2n) is 5.51. The highest BCUT2D eigenvalue weighted by atomic mass is 16.5. The lowest BCUT2D eigenvalue weighted by molar-refractivity contribution is 0.167. The van der Waals surface area contributed by atoms with Gasteiger partial charge < -0.3 is 15.0 Å². The first-order valence-electron chi connectivity index (χ1n) is 7.38. The fourth-order valence-electron chi connectivity index (χ4n) is 2.89. The second kappa shape index (κ2) is 5.28. The van der Waals surface area contributed by atoms with Crippen molar-refractivity contribution in [3.8, 4) is 11.8 Å². The van der Waals surface area contributed by atoms with Gasteiger partial charge in [0.1, 0.15) is 29.3 Å². The SMILES string of the molecule is N#Cc1cc2c(cn1)[nH]c1ncc(OC3CCCNC3)cc12. The summed E-state index contributed by atoms with van der Waals surface area (Å²) in [5, 5.41) is 14.2. The fraction of sp³-hybridized carbons (Fsp3) is 0.312. The van der Waals surface area contributed by atoms with Crippen LogP contribution < -0.4 is 10.1 Å². The third kappa shape index (κ3) is 2.26. The third-order valence-electron chi connectivity index (χ3n) is 3.98. The van der Waals surface area contributed by atoms with Gasteiger partial charge in [0.2, 0.25) is 0 Å². The molecule has 4 rings (SSSR count). The van der Waals surface area contributed by atoms with Gasteiger partial charge in [-0.2, -0.15) is 5.26 Å². The second-order valence-corrected chi connectivity index (χ2v) is 5.51. The topological polar surface area (TPSA) is 86.6 Å². The highest BCUT2D eigenvalue weighted by molar-refractivity contribution is 6.06. The standard InChI is InChI=1S/C16H15N5O/c17-6-10-4-13-14-5-12(22-11-2-1-3-18-7-11)8-20-16(14)21-15(13)9-19-10/h4-5,8-9,11,18H,1-3,7H2,(H,20,21). The molecule has 0 amide bonds. The van der Waals surface area contributed by atoms with Crippen molar-refractivity contribution < 1.29 is 4.74 Å². The van der Waals surface area contributed by atoms with Gasteiger partial charge in [0, 0.05) is 17.3 Å². The Balaban J connectivity index is 1.75. The van der Waals surface area contributed by atoms with Crippen LogP contribution in [0.3, 0.4) is 0 Å². The van der Waals surface area contributed by atoms with Crippen LogP contribution >= 0.6 is 0 Å². The molecule has 0 aromatic carbocycles. The summed E-state index contributed by atoms with van der Waals surface area (Å²) in [6.45, 7) is 1.93. The number of hydrogen-bond acceptors (Lipinski definition) is 5. The molecule has 1 aliphatic rings. The van der Waals surface area contributed by atoms with E-state index in [0.29, 0.717) is 5.69 Å². The van der Waals surface area contributed by atoms with Gasteiger partial charge in [-0.3, -0.25) is 0 Å². The normalized spacial score (nSPS) is 18.4. The largest absolute Gasteiger partial charge is 0.487 e. The Hall–Kier alpha value is -2.65. The van der Waals surface area contributed by atoms with E-state index in [-0.39, 0.29) is 6.10 Å². The Labute approximate surface area is 127 Å². The average molecular weight is 293 g/mol. The van der Waals surface area contributed by atoms with Gasteiger partial charge >= 0.3 is 0 Å². The monoisotopic (exact) mass is 293 g/mol. The van der Waals surface area contributed by atoms with Gasteiger partial charge in [0.25, 0.3) is 0 Å². The quantitative estimate of drug-likeness (QED) is 0.755. The summed E-state index contributed by atoms with van der Waals surface area (Å²) >= 11 is 0. The van der Waals surface area contributed by atoms with Gasteiger partial charge in [-0.1, -0.05) is 0 Å². The van der Waals surface area contributed by atoms with Crippen molar-refractivity contribution in [2.75, 3.05) is 13.1 Å². The molecule has 0 radical (unpaired) electrons. The van der Waals surface area contributed by atoms with Crippen molar-refractivity contribution >= 4 is 21.9 Å². The molecule has 0 aliphatic carbocycles. The highest BCUT2D eigenvalue weighted by Crippen LogP contribution is 2.27. The van der Waals surface area contributed by atoms with Gasteiger partial charge in [-0.25, -0.2) is 9.97 Å². The Morgan fingerprint density at radius 2 is 2.18 bits per heavy atom. The van der Waals surface area contributed by atoms with Crippen LogP contribution in [0.15, 0.2) is 24.5 Å². The van der Waals surface area contributed by atoms with Crippen LogP contribution in [-0.4, -0.2) is 34.1 Å². The Morgan fingerprint density at radius 3 is 3.00 bits per heavy atom. The molecular weight excluding hydrogens is 278 g/mol. The number of aromatic nitrogens is 3. The lowest BCUT2D eigenvalue weighted by atomic mass is 10.1. The zero-order valence-corrected chi connectivity index (χ0v) is 12.0. The number of pyridine rings is 2. The number of fused-ring (bicyclic) bond motifs is 3. The molecule has 6 heteroatoms. The molecule has 2 N–H and O–H groups in total. The number of nitrogens with zero attached hydrogens (tertiary/aromatic N) is 3. The van der Waals surface area contributed by atoms with Gasteiger partial charge in [0.05, 0.1) is 17.9 Å². The maximum absolute atomic E-state index is 9.01. The van der Waals surface area contributed by atoms with E-state index in [0.717, 1.165) is 53.6 Å². The Kier molecular flexibility index (Phi) is 3.13. The van der Waals surface area contributed by atoms with Crippen LogP contribution in [0.1, 0.15) is 18.5 Å².